The quantitative estimate of drug-likeness (QED) is 0.550. The number of aliphatic hydroxyl groups excluding tert-OH is 1. The minimum atomic E-state index is -3.63. The van der Waals surface area contributed by atoms with Gasteiger partial charge in [-0.25, -0.2) is 22.8 Å². The van der Waals surface area contributed by atoms with Gasteiger partial charge in [-0.2, -0.15) is 0 Å². The Morgan fingerprint density at radius 2 is 1.87 bits per heavy atom. The fourth-order valence-electron chi connectivity index (χ4n) is 2.63. The molecule has 1 heterocycles. The first-order valence-electron chi connectivity index (χ1n) is 9.28. The molecule has 1 aromatic carbocycles. The number of carbonyl (C=O) groups is 1. The number of aliphatic hydroxyl groups is 1. The molecule has 162 valence electrons. The number of nitrogens with one attached hydrogen (secondary N) is 1. The van der Waals surface area contributed by atoms with Crippen LogP contribution in [0.25, 0.3) is 17.3 Å². The molecule has 1 aromatic heterocycles. The zero-order valence-electron chi connectivity index (χ0n) is 16.8. The second-order valence-electron chi connectivity index (χ2n) is 6.89. The highest BCUT2D eigenvalue weighted by atomic mass is 32.2. The Balaban J connectivity index is 2.68. The van der Waals surface area contributed by atoms with E-state index in [2.05, 4.69) is 14.7 Å². The van der Waals surface area contributed by atoms with Gasteiger partial charge in [0.05, 0.1) is 29.7 Å². The molecular formula is C20H24FN3O5S. The number of carboxylic acid groups (broad SMARTS) is 1. The molecule has 0 unspecified atom stereocenters. The molecule has 0 aliphatic rings. The average Bonchev–Trinajstić information content (AvgIpc) is 2.66. The van der Waals surface area contributed by atoms with E-state index in [4.69, 9.17) is 5.11 Å². The maximum Gasteiger partial charge on any atom is 0.306 e. The van der Waals surface area contributed by atoms with E-state index in [0.29, 0.717) is 22.5 Å². The molecule has 2 aromatic rings. The van der Waals surface area contributed by atoms with Crippen molar-refractivity contribution in [2.24, 2.45) is 0 Å². The first kappa shape index (κ1) is 23.4. The van der Waals surface area contributed by atoms with E-state index >= 15 is 0 Å². The smallest absolute Gasteiger partial charge is 0.306 e. The third-order valence-corrected chi connectivity index (χ3v) is 5.39. The van der Waals surface area contributed by atoms with E-state index in [1.54, 1.807) is 0 Å². The topological polar surface area (TPSA) is 129 Å². The molecule has 2 rings (SSSR count). The summed E-state index contributed by atoms with van der Waals surface area (Å²) in [6.07, 6.45) is 1.09. The summed E-state index contributed by atoms with van der Waals surface area (Å²) in [4.78, 5) is 19.4. The van der Waals surface area contributed by atoms with Crippen molar-refractivity contribution < 1.29 is 27.8 Å². The first-order chi connectivity index (χ1) is 14.0. The van der Waals surface area contributed by atoms with E-state index in [0.717, 1.165) is 0 Å². The van der Waals surface area contributed by atoms with Gasteiger partial charge in [0, 0.05) is 11.1 Å². The summed E-state index contributed by atoms with van der Waals surface area (Å²) in [5.41, 5.74) is 1.78. The number of carboxylic acids is 1. The summed E-state index contributed by atoms with van der Waals surface area (Å²) < 4.78 is 39.7. The van der Waals surface area contributed by atoms with Gasteiger partial charge in [-0.1, -0.05) is 26.0 Å². The van der Waals surface area contributed by atoms with Crippen LogP contribution >= 0.6 is 0 Å². The molecule has 10 heteroatoms. The van der Waals surface area contributed by atoms with Crippen LogP contribution in [0.1, 0.15) is 44.4 Å². The molecule has 0 spiro atoms. The van der Waals surface area contributed by atoms with Crippen molar-refractivity contribution in [2.45, 2.75) is 39.2 Å². The Hall–Kier alpha value is -2.85. The predicted molar refractivity (Wildman–Crippen MR) is 112 cm³/mol. The van der Waals surface area contributed by atoms with E-state index < -0.39 is 34.3 Å². The van der Waals surface area contributed by atoms with Crippen molar-refractivity contribution in [2.75, 3.05) is 10.5 Å². The fraction of sp³-hybridized carbons (Fsp3) is 0.350. The number of nitrogens with zero attached hydrogens (tertiary/aromatic N) is 2. The van der Waals surface area contributed by atoms with Crippen molar-refractivity contribution in [1.82, 2.24) is 9.97 Å². The number of rotatable bonds is 9. The molecule has 0 aliphatic heterocycles. The fourth-order valence-corrected chi connectivity index (χ4v) is 3.14. The van der Waals surface area contributed by atoms with Crippen LogP contribution in [0.3, 0.4) is 0 Å². The number of sulfonamides is 1. The van der Waals surface area contributed by atoms with Crippen LogP contribution in [0.5, 0.6) is 0 Å². The molecule has 8 nitrogen and oxygen atoms in total. The number of aromatic nitrogens is 2. The van der Waals surface area contributed by atoms with Crippen LogP contribution in [-0.4, -0.2) is 46.4 Å². The largest absolute Gasteiger partial charge is 0.481 e. The van der Waals surface area contributed by atoms with Crippen molar-refractivity contribution in [1.29, 1.82) is 0 Å². The molecule has 0 saturated carbocycles. The molecule has 0 bridgehead atoms. The van der Waals surface area contributed by atoms with Crippen molar-refractivity contribution in [3.05, 3.63) is 47.4 Å². The Morgan fingerprint density at radius 3 is 2.40 bits per heavy atom. The lowest BCUT2D eigenvalue weighted by molar-refractivity contribution is -0.138. The zero-order valence-corrected chi connectivity index (χ0v) is 17.6. The Labute approximate surface area is 174 Å². The Kier molecular flexibility index (Phi) is 7.63. The van der Waals surface area contributed by atoms with Gasteiger partial charge in [-0.05, 0) is 37.1 Å². The minimum Gasteiger partial charge on any atom is -0.481 e. The van der Waals surface area contributed by atoms with Gasteiger partial charge in [0.2, 0.25) is 16.0 Å². The molecule has 0 saturated heterocycles. The Bertz CT molecular complexity index is 1040. The molecule has 3 N–H and O–H groups in total. The zero-order chi connectivity index (χ0) is 22.5. The van der Waals surface area contributed by atoms with Gasteiger partial charge in [0.15, 0.2) is 0 Å². The SMILES string of the molecule is CCS(=O)(=O)Nc1nc(-c2ccc(F)cc2)c(/C=C/[C@@H](O)CC(=O)O)c(C(C)C)n1. The summed E-state index contributed by atoms with van der Waals surface area (Å²) in [7, 11) is -3.63. The average molecular weight is 437 g/mol. The van der Waals surface area contributed by atoms with Crippen LogP contribution in [-0.2, 0) is 14.8 Å². The number of benzene rings is 1. The summed E-state index contributed by atoms with van der Waals surface area (Å²) >= 11 is 0. The maximum absolute atomic E-state index is 13.4. The van der Waals surface area contributed by atoms with Crippen molar-refractivity contribution >= 4 is 28.0 Å². The highest BCUT2D eigenvalue weighted by Gasteiger charge is 2.19. The van der Waals surface area contributed by atoms with Gasteiger partial charge in [-0.3, -0.25) is 9.52 Å². The Morgan fingerprint density at radius 1 is 1.23 bits per heavy atom. The summed E-state index contributed by atoms with van der Waals surface area (Å²) in [5, 5.41) is 18.7. The lowest BCUT2D eigenvalue weighted by Crippen LogP contribution is -2.18. The molecule has 0 aliphatic carbocycles. The number of hydrogen-bond donors (Lipinski definition) is 3. The molecule has 0 radical (unpaired) electrons. The van der Waals surface area contributed by atoms with E-state index in [1.165, 1.54) is 43.3 Å². The lowest BCUT2D eigenvalue weighted by atomic mass is 9.97. The van der Waals surface area contributed by atoms with Crippen molar-refractivity contribution in [3.63, 3.8) is 0 Å². The van der Waals surface area contributed by atoms with Crippen LogP contribution < -0.4 is 4.72 Å². The van der Waals surface area contributed by atoms with Crippen LogP contribution in [0, 0.1) is 5.82 Å². The van der Waals surface area contributed by atoms with E-state index in [9.17, 15) is 22.7 Å². The minimum absolute atomic E-state index is 0.122. The predicted octanol–water partition coefficient (Wildman–Crippen LogP) is 3.02. The summed E-state index contributed by atoms with van der Waals surface area (Å²) in [5.74, 6) is -2.05. The molecule has 1 atom stereocenters. The third kappa shape index (κ3) is 6.33. The lowest BCUT2D eigenvalue weighted by Gasteiger charge is -2.16. The van der Waals surface area contributed by atoms with Crippen molar-refractivity contribution in [3.8, 4) is 11.3 Å². The first-order valence-corrected chi connectivity index (χ1v) is 10.9. The number of aliphatic carboxylic acids is 1. The molecule has 0 fully saturated rings. The number of hydrogen-bond acceptors (Lipinski definition) is 6. The van der Waals surface area contributed by atoms with E-state index in [1.807, 2.05) is 13.8 Å². The molecular weight excluding hydrogens is 413 g/mol. The highest BCUT2D eigenvalue weighted by molar-refractivity contribution is 7.92. The van der Waals surface area contributed by atoms with Gasteiger partial charge < -0.3 is 10.2 Å². The van der Waals surface area contributed by atoms with Crippen LogP contribution in [0.15, 0.2) is 30.3 Å². The summed E-state index contributed by atoms with van der Waals surface area (Å²) in [6.45, 7) is 5.17. The van der Waals surface area contributed by atoms with Gasteiger partial charge >= 0.3 is 5.97 Å². The number of halogens is 1. The molecule has 30 heavy (non-hydrogen) atoms. The van der Waals surface area contributed by atoms with Crippen LogP contribution in [0.2, 0.25) is 0 Å². The summed E-state index contributed by atoms with van der Waals surface area (Å²) in [6, 6.07) is 5.47. The second-order valence-corrected chi connectivity index (χ2v) is 8.90. The second kappa shape index (κ2) is 9.77. The van der Waals surface area contributed by atoms with Gasteiger partial charge in [0.1, 0.15) is 5.82 Å². The van der Waals surface area contributed by atoms with Crippen LogP contribution in [0.4, 0.5) is 10.3 Å². The maximum atomic E-state index is 13.4. The van der Waals surface area contributed by atoms with E-state index in [-0.39, 0.29) is 17.6 Å². The van der Waals surface area contributed by atoms with Gasteiger partial charge in [-0.15, -0.1) is 0 Å². The van der Waals surface area contributed by atoms with Gasteiger partial charge in [0.25, 0.3) is 0 Å². The molecule has 0 amide bonds. The highest BCUT2D eigenvalue weighted by Crippen LogP contribution is 2.30. The monoisotopic (exact) mass is 437 g/mol. The third-order valence-electron chi connectivity index (χ3n) is 4.14. The normalized spacial score (nSPS) is 13.0. The standard InChI is InChI=1S/C20H24FN3O5S/c1-4-30(28,29)24-20-22-18(12(2)3)16(10-9-15(25)11-17(26)27)19(23-20)13-5-7-14(21)8-6-13/h5-10,12,15,25H,4,11H2,1-3H3,(H,26,27)(H,22,23,24)/b10-9+/t15-/m1/s1. The number of anilines is 1.